The van der Waals surface area contributed by atoms with Gasteiger partial charge in [0, 0.05) is 23.1 Å². The summed E-state index contributed by atoms with van der Waals surface area (Å²) in [6.45, 7) is 4.42. The molecule has 1 atom stereocenters. The van der Waals surface area contributed by atoms with Crippen LogP contribution in [-0.4, -0.2) is 30.4 Å². The lowest BCUT2D eigenvalue weighted by atomic mass is 9.97. The van der Waals surface area contributed by atoms with Crippen LogP contribution in [0.4, 0.5) is 0 Å². The number of carbonyl (C=O) groups is 2. The van der Waals surface area contributed by atoms with Gasteiger partial charge in [-0.25, -0.2) is 0 Å². The van der Waals surface area contributed by atoms with Crippen molar-refractivity contribution < 1.29 is 9.59 Å². The molecule has 21 heavy (non-hydrogen) atoms. The van der Waals surface area contributed by atoms with E-state index in [9.17, 15) is 9.59 Å². The fourth-order valence-corrected chi connectivity index (χ4v) is 2.15. The van der Waals surface area contributed by atoms with Gasteiger partial charge in [-0.15, -0.1) is 0 Å². The van der Waals surface area contributed by atoms with Gasteiger partial charge in [-0.1, -0.05) is 29.3 Å². The monoisotopic (exact) mass is 355 g/mol. The molecule has 0 aliphatic rings. The molecule has 0 fully saturated rings. The molecular formula is C15H22BrN3O2. The van der Waals surface area contributed by atoms with Crippen molar-refractivity contribution in [1.82, 2.24) is 10.6 Å². The molecule has 4 N–H and O–H groups in total. The summed E-state index contributed by atoms with van der Waals surface area (Å²) in [7, 11) is 0. The van der Waals surface area contributed by atoms with Crippen LogP contribution in [0.2, 0.25) is 0 Å². The van der Waals surface area contributed by atoms with Crippen LogP contribution in [0.25, 0.3) is 0 Å². The Bertz CT molecular complexity index is 486. The SMILES string of the molecule is CCCC(C)(N)C(=O)NCCNC(=O)c1ccc(Br)cc1. The number of rotatable bonds is 7. The summed E-state index contributed by atoms with van der Waals surface area (Å²) in [5.74, 6) is -0.358. The number of halogens is 1. The number of hydrogen-bond acceptors (Lipinski definition) is 3. The summed E-state index contributed by atoms with van der Waals surface area (Å²) in [6, 6.07) is 7.08. The zero-order valence-electron chi connectivity index (χ0n) is 12.4. The molecule has 0 radical (unpaired) electrons. The molecule has 116 valence electrons. The van der Waals surface area contributed by atoms with E-state index in [1.807, 2.05) is 6.92 Å². The number of amides is 2. The first-order valence-corrected chi connectivity index (χ1v) is 7.77. The average Bonchev–Trinajstić information content (AvgIpc) is 2.43. The third-order valence-electron chi connectivity index (χ3n) is 3.09. The molecule has 0 saturated carbocycles. The van der Waals surface area contributed by atoms with Gasteiger partial charge >= 0.3 is 0 Å². The molecule has 0 bridgehead atoms. The lowest BCUT2D eigenvalue weighted by molar-refractivity contribution is -0.126. The summed E-state index contributed by atoms with van der Waals surface area (Å²) in [5, 5.41) is 5.48. The first-order valence-electron chi connectivity index (χ1n) is 6.98. The van der Waals surface area contributed by atoms with Crippen LogP contribution in [0.15, 0.2) is 28.7 Å². The van der Waals surface area contributed by atoms with Gasteiger partial charge < -0.3 is 16.4 Å². The topological polar surface area (TPSA) is 84.2 Å². The molecule has 0 aliphatic heterocycles. The molecule has 1 aromatic rings. The van der Waals surface area contributed by atoms with E-state index in [1.54, 1.807) is 31.2 Å². The van der Waals surface area contributed by atoms with Crippen LogP contribution < -0.4 is 16.4 Å². The maximum absolute atomic E-state index is 11.9. The highest BCUT2D eigenvalue weighted by Gasteiger charge is 2.26. The molecule has 1 rings (SSSR count). The highest BCUT2D eigenvalue weighted by molar-refractivity contribution is 9.10. The van der Waals surface area contributed by atoms with E-state index in [4.69, 9.17) is 5.73 Å². The summed E-state index contributed by atoms with van der Waals surface area (Å²) in [5.41, 5.74) is 5.64. The summed E-state index contributed by atoms with van der Waals surface area (Å²) < 4.78 is 0.921. The van der Waals surface area contributed by atoms with Crippen molar-refractivity contribution in [2.75, 3.05) is 13.1 Å². The van der Waals surface area contributed by atoms with Gasteiger partial charge in [0.1, 0.15) is 0 Å². The zero-order valence-corrected chi connectivity index (χ0v) is 14.0. The predicted octanol–water partition coefficient (Wildman–Crippen LogP) is 1.81. The molecule has 0 heterocycles. The lowest BCUT2D eigenvalue weighted by Gasteiger charge is -2.22. The Balaban J connectivity index is 2.32. The van der Waals surface area contributed by atoms with Crippen molar-refractivity contribution in [3.05, 3.63) is 34.3 Å². The second kappa shape index (κ2) is 8.14. The minimum absolute atomic E-state index is 0.166. The Morgan fingerprint density at radius 2 is 1.76 bits per heavy atom. The fraction of sp³-hybridized carbons (Fsp3) is 0.467. The lowest BCUT2D eigenvalue weighted by Crippen LogP contribution is -2.52. The highest BCUT2D eigenvalue weighted by atomic mass is 79.9. The molecule has 0 aliphatic carbocycles. The van der Waals surface area contributed by atoms with E-state index in [0.717, 1.165) is 10.9 Å². The largest absolute Gasteiger partial charge is 0.353 e. The maximum Gasteiger partial charge on any atom is 0.251 e. The van der Waals surface area contributed by atoms with Crippen molar-refractivity contribution >= 4 is 27.7 Å². The zero-order chi connectivity index (χ0) is 15.9. The van der Waals surface area contributed by atoms with Crippen molar-refractivity contribution in [1.29, 1.82) is 0 Å². The van der Waals surface area contributed by atoms with Gasteiger partial charge in [-0.3, -0.25) is 9.59 Å². The normalized spacial score (nSPS) is 13.3. The Hall–Kier alpha value is -1.40. The number of nitrogens with two attached hydrogens (primary N) is 1. The smallest absolute Gasteiger partial charge is 0.251 e. The van der Waals surface area contributed by atoms with Crippen molar-refractivity contribution in [2.45, 2.75) is 32.2 Å². The molecule has 1 unspecified atom stereocenters. The molecule has 0 aromatic heterocycles. The fourth-order valence-electron chi connectivity index (χ4n) is 1.89. The maximum atomic E-state index is 11.9. The molecule has 6 heteroatoms. The van der Waals surface area contributed by atoms with Gasteiger partial charge in [-0.05, 0) is 37.6 Å². The molecule has 0 spiro atoms. The highest BCUT2D eigenvalue weighted by Crippen LogP contribution is 2.10. The summed E-state index contributed by atoms with van der Waals surface area (Å²) in [6.07, 6.45) is 1.48. The van der Waals surface area contributed by atoms with Gasteiger partial charge in [0.05, 0.1) is 5.54 Å². The van der Waals surface area contributed by atoms with Gasteiger partial charge in [-0.2, -0.15) is 0 Å². The number of nitrogens with one attached hydrogen (secondary N) is 2. The number of hydrogen-bond donors (Lipinski definition) is 3. The molecule has 5 nitrogen and oxygen atoms in total. The van der Waals surface area contributed by atoms with Gasteiger partial charge in [0.15, 0.2) is 0 Å². The second-order valence-electron chi connectivity index (χ2n) is 5.19. The second-order valence-corrected chi connectivity index (χ2v) is 6.10. The Morgan fingerprint density at radius 3 is 2.33 bits per heavy atom. The molecule has 2 amide bonds. The molecule has 1 aromatic carbocycles. The third kappa shape index (κ3) is 5.85. The van der Waals surface area contributed by atoms with Crippen molar-refractivity contribution in [2.24, 2.45) is 5.73 Å². The predicted molar refractivity (Wildman–Crippen MR) is 87.0 cm³/mol. The quantitative estimate of drug-likeness (QED) is 0.652. The summed E-state index contributed by atoms with van der Waals surface area (Å²) in [4.78, 5) is 23.7. The van der Waals surface area contributed by atoms with Crippen molar-refractivity contribution in [3.8, 4) is 0 Å². The van der Waals surface area contributed by atoms with Crippen LogP contribution in [0.5, 0.6) is 0 Å². The van der Waals surface area contributed by atoms with Gasteiger partial charge in [0.2, 0.25) is 5.91 Å². The van der Waals surface area contributed by atoms with E-state index in [0.29, 0.717) is 25.1 Å². The summed E-state index contributed by atoms with van der Waals surface area (Å²) >= 11 is 3.31. The van der Waals surface area contributed by atoms with Gasteiger partial charge in [0.25, 0.3) is 5.91 Å². The Kier molecular flexibility index (Phi) is 6.84. The van der Waals surface area contributed by atoms with E-state index >= 15 is 0 Å². The number of benzene rings is 1. The van der Waals surface area contributed by atoms with Crippen LogP contribution in [0.3, 0.4) is 0 Å². The standard InChI is InChI=1S/C15H22BrN3O2/c1-3-8-15(2,17)14(21)19-10-9-18-13(20)11-4-6-12(16)7-5-11/h4-7H,3,8-10,17H2,1-2H3,(H,18,20)(H,19,21). The van der Waals surface area contributed by atoms with Crippen LogP contribution in [0, 0.1) is 0 Å². The third-order valence-corrected chi connectivity index (χ3v) is 3.62. The Labute approximate surface area is 133 Å². The van der Waals surface area contributed by atoms with Crippen molar-refractivity contribution in [3.63, 3.8) is 0 Å². The van der Waals surface area contributed by atoms with E-state index in [1.165, 1.54) is 0 Å². The number of carbonyl (C=O) groups excluding carboxylic acids is 2. The van der Waals surface area contributed by atoms with E-state index in [-0.39, 0.29) is 11.8 Å². The van der Waals surface area contributed by atoms with Crippen LogP contribution in [-0.2, 0) is 4.79 Å². The minimum atomic E-state index is -0.857. The van der Waals surface area contributed by atoms with E-state index in [2.05, 4.69) is 26.6 Å². The average molecular weight is 356 g/mol. The minimum Gasteiger partial charge on any atom is -0.353 e. The Morgan fingerprint density at radius 1 is 1.19 bits per heavy atom. The van der Waals surface area contributed by atoms with E-state index < -0.39 is 5.54 Å². The molecular weight excluding hydrogens is 334 g/mol. The first-order chi connectivity index (χ1) is 9.86. The first kappa shape index (κ1) is 17.7. The van der Waals surface area contributed by atoms with Crippen LogP contribution in [0.1, 0.15) is 37.0 Å². The molecule has 0 saturated heterocycles. The van der Waals surface area contributed by atoms with Crippen LogP contribution >= 0.6 is 15.9 Å².